The number of fused-ring (bicyclic) bond motifs is 1. The van der Waals surface area contributed by atoms with Crippen LogP contribution in [-0.2, 0) is 14.3 Å². The van der Waals surface area contributed by atoms with E-state index in [1.165, 1.54) is 11.8 Å². The minimum atomic E-state index is -0.641. The van der Waals surface area contributed by atoms with Crippen LogP contribution in [0.1, 0.15) is 67.2 Å². The summed E-state index contributed by atoms with van der Waals surface area (Å²) < 4.78 is 5.46. The van der Waals surface area contributed by atoms with Crippen LogP contribution >= 0.6 is 0 Å². The van der Waals surface area contributed by atoms with E-state index in [2.05, 4.69) is 30.9 Å². The topological polar surface area (TPSA) is 138 Å². The van der Waals surface area contributed by atoms with Gasteiger partial charge in [0, 0.05) is 43.6 Å². The summed E-state index contributed by atoms with van der Waals surface area (Å²) in [4.78, 5) is 51.8. The molecule has 3 rings (SSSR count). The Labute approximate surface area is 211 Å². The van der Waals surface area contributed by atoms with E-state index in [1.54, 1.807) is 40.1 Å². The molecule has 1 aliphatic rings. The van der Waals surface area contributed by atoms with Gasteiger partial charge < -0.3 is 15.4 Å². The minimum absolute atomic E-state index is 0.00375. The van der Waals surface area contributed by atoms with Crippen LogP contribution in [0.4, 0.5) is 22.4 Å². The summed E-state index contributed by atoms with van der Waals surface area (Å²) in [6.45, 7) is 10.8. The van der Waals surface area contributed by atoms with E-state index >= 15 is 0 Å². The number of ether oxygens (including phenoxy) is 1. The standard InChI is InChI=1S/C25H37N7O4/c1-14(2)27-21-20-17(12-19(29-21)32(7)24(35)36-25(4,5)6)13-26-23(30-20)31-22(34)16-9-8-10-18(11-16)28-15(3)33/h12-14,16,18H,8-11H2,1-7H3,(H,27,29)(H,28,33)(H,26,30,31,34)/t16-,18+/m0/s1. The van der Waals surface area contributed by atoms with E-state index in [-0.39, 0.29) is 35.8 Å². The number of hydrogen-bond donors (Lipinski definition) is 3. The van der Waals surface area contributed by atoms with E-state index in [1.807, 2.05) is 13.8 Å². The van der Waals surface area contributed by atoms with Crippen LogP contribution in [0.2, 0.25) is 0 Å². The van der Waals surface area contributed by atoms with Gasteiger partial charge in [0.05, 0.1) is 0 Å². The van der Waals surface area contributed by atoms with E-state index in [0.29, 0.717) is 29.0 Å². The first-order valence-electron chi connectivity index (χ1n) is 12.3. The van der Waals surface area contributed by atoms with Crippen molar-refractivity contribution in [3.63, 3.8) is 0 Å². The maximum absolute atomic E-state index is 12.9. The van der Waals surface area contributed by atoms with Crippen molar-refractivity contribution in [3.8, 4) is 0 Å². The third kappa shape index (κ3) is 7.25. The van der Waals surface area contributed by atoms with Crippen LogP contribution < -0.4 is 20.9 Å². The zero-order valence-corrected chi connectivity index (χ0v) is 22.1. The number of rotatable bonds is 6. The molecule has 0 unspecified atom stereocenters. The fourth-order valence-electron chi connectivity index (χ4n) is 4.11. The van der Waals surface area contributed by atoms with Gasteiger partial charge >= 0.3 is 6.09 Å². The molecule has 0 saturated heterocycles. The zero-order chi connectivity index (χ0) is 26.6. The predicted octanol–water partition coefficient (Wildman–Crippen LogP) is 3.85. The minimum Gasteiger partial charge on any atom is -0.443 e. The molecule has 0 radical (unpaired) electrons. The lowest BCUT2D eigenvalue weighted by Crippen LogP contribution is -2.40. The Balaban J connectivity index is 1.85. The van der Waals surface area contributed by atoms with Gasteiger partial charge in [0.15, 0.2) is 5.82 Å². The van der Waals surface area contributed by atoms with Crippen LogP contribution in [0.3, 0.4) is 0 Å². The van der Waals surface area contributed by atoms with Crippen molar-refractivity contribution in [2.45, 2.75) is 84.9 Å². The Bertz CT molecular complexity index is 1130. The molecule has 2 aromatic rings. The van der Waals surface area contributed by atoms with Crippen molar-refractivity contribution in [2.75, 3.05) is 22.6 Å². The van der Waals surface area contributed by atoms with Gasteiger partial charge in [-0.2, -0.15) is 0 Å². The van der Waals surface area contributed by atoms with Crippen LogP contribution in [0.25, 0.3) is 10.9 Å². The summed E-state index contributed by atoms with van der Waals surface area (Å²) in [6, 6.07) is 1.75. The monoisotopic (exact) mass is 499 g/mol. The summed E-state index contributed by atoms with van der Waals surface area (Å²) in [7, 11) is 1.59. The van der Waals surface area contributed by atoms with Gasteiger partial charge in [-0.25, -0.2) is 19.7 Å². The molecule has 0 spiro atoms. The van der Waals surface area contributed by atoms with Gasteiger partial charge in [-0.15, -0.1) is 0 Å². The molecular formula is C25H37N7O4. The maximum Gasteiger partial charge on any atom is 0.415 e. The van der Waals surface area contributed by atoms with Gasteiger partial charge in [-0.1, -0.05) is 6.42 Å². The third-order valence-electron chi connectivity index (χ3n) is 5.68. The van der Waals surface area contributed by atoms with Crippen molar-refractivity contribution < 1.29 is 19.1 Å². The number of amides is 3. The fraction of sp³-hybridized carbons (Fsp3) is 0.600. The van der Waals surface area contributed by atoms with Crippen LogP contribution in [0, 0.1) is 5.92 Å². The molecule has 1 saturated carbocycles. The zero-order valence-electron chi connectivity index (χ0n) is 22.1. The number of carbonyl (C=O) groups is 3. The summed E-state index contributed by atoms with van der Waals surface area (Å²) in [6.07, 6.45) is 4.13. The van der Waals surface area contributed by atoms with E-state index in [9.17, 15) is 14.4 Å². The van der Waals surface area contributed by atoms with Gasteiger partial charge in [0.2, 0.25) is 17.8 Å². The summed E-state index contributed by atoms with van der Waals surface area (Å²) in [5.74, 6) is 0.535. The second kappa shape index (κ2) is 11.0. The average molecular weight is 500 g/mol. The van der Waals surface area contributed by atoms with Gasteiger partial charge in [-0.05, 0) is 59.9 Å². The number of hydrogen-bond acceptors (Lipinski definition) is 8. The van der Waals surface area contributed by atoms with Crippen molar-refractivity contribution in [2.24, 2.45) is 5.92 Å². The summed E-state index contributed by atoms with van der Waals surface area (Å²) in [5, 5.41) is 9.65. The molecule has 0 aliphatic heterocycles. The van der Waals surface area contributed by atoms with Crippen LogP contribution in [-0.4, -0.2) is 57.6 Å². The lowest BCUT2D eigenvalue weighted by atomic mass is 9.85. The number of aromatic nitrogens is 3. The Morgan fingerprint density at radius 3 is 2.53 bits per heavy atom. The number of nitrogens with one attached hydrogen (secondary N) is 3. The molecule has 11 heteroatoms. The number of carbonyl (C=O) groups excluding carboxylic acids is 3. The Morgan fingerprint density at radius 2 is 1.89 bits per heavy atom. The Kier molecular flexibility index (Phi) is 8.31. The predicted molar refractivity (Wildman–Crippen MR) is 139 cm³/mol. The van der Waals surface area contributed by atoms with E-state index in [4.69, 9.17) is 4.74 Å². The summed E-state index contributed by atoms with van der Waals surface area (Å²) in [5.41, 5.74) is -0.118. The molecule has 36 heavy (non-hydrogen) atoms. The fourth-order valence-corrected chi connectivity index (χ4v) is 4.11. The molecule has 1 aliphatic carbocycles. The normalized spacial score (nSPS) is 18.0. The molecule has 0 aromatic carbocycles. The van der Waals surface area contributed by atoms with Crippen molar-refractivity contribution in [1.82, 2.24) is 20.3 Å². The number of anilines is 3. The van der Waals surface area contributed by atoms with Gasteiger partial charge in [0.25, 0.3) is 0 Å². The molecular weight excluding hydrogens is 462 g/mol. The van der Waals surface area contributed by atoms with Crippen LogP contribution in [0.5, 0.6) is 0 Å². The summed E-state index contributed by atoms with van der Waals surface area (Å²) >= 11 is 0. The van der Waals surface area contributed by atoms with Crippen molar-refractivity contribution in [1.29, 1.82) is 0 Å². The highest BCUT2D eigenvalue weighted by Crippen LogP contribution is 2.28. The molecule has 2 heterocycles. The highest BCUT2D eigenvalue weighted by molar-refractivity contribution is 5.96. The smallest absolute Gasteiger partial charge is 0.415 e. The lowest BCUT2D eigenvalue weighted by molar-refractivity contribution is -0.123. The first kappa shape index (κ1) is 27.1. The molecule has 2 aromatic heterocycles. The Morgan fingerprint density at radius 1 is 1.17 bits per heavy atom. The van der Waals surface area contributed by atoms with E-state index in [0.717, 1.165) is 19.3 Å². The first-order chi connectivity index (χ1) is 16.8. The second-order valence-electron chi connectivity index (χ2n) is 10.5. The first-order valence-corrected chi connectivity index (χ1v) is 12.3. The Hall–Kier alpha value is -3.50. The largest absolute Gasteiger partial charge is 0.443 e. The molecule has 2 atom stereocenters. The molecule has 1 fully saturated rings. The highest BCUT2D eigenvalue weighted by atomic mass is 16.6. The molecule has 0 bridgehead atoms. The molecule has 3 amide bonds. The molecule has 11 nitrogen and oxygen atoms in total. The van der Waals surface area contributed by atoms with E-state index < -0.39 is 11.7 Å². The number of nitrogens with zero attached hydrogens (tertiary/aromatic N) is 4. The quantitative estimate of drug-likeness (QED) is 0.545. The second-order valence-corrected chi connectivity index (χ2v) is 10.5. The lowest BCUT2D eigenvalue weighted by Gasteiger charge is -2.28. The van der Waals surface area contributed by atoms with Crippen molar-refractivity contribution >= 4 is 46.4 Å². The maximum atomic E-state index is 12.9. The van der Waals surface area contributed by atoms with Crippen molar-refractivity contribution in [3.05, 3.63) is 12.3 Å². The van der Waals surface area contributed by atoms with Gasteiger partial charge in [0.1, 0.15) is 16.9 Å². The van der Waals surface area contributed by atoms with Gasteiger partial charge in [-0.3, -0.25) is 19.8 Å². The average Bonchev–Trinajstić information content (AvgIpc) is 2.77. The molecule has 3 N–H and O–H groups in total. The van der Waals surface area contributed by atoms with Crippen LogP contribution in [0.15, 0.2) is 12.3 Å². The third-order valence-corrected chi connectivity index (χ3v) is 5.68. The SMILES string of the molecule is CC(=O)N[C@@H]1CCC[C@H](C(=O)Nc2ncc3cc(N(C)C(=O)OC(C)(C)C)nc(NC(C)C)c3n2)C1. The molecule has 196 valence electrons. The highest BCUT2D eigenvalue weighted by Gasteiger charge is 2.28. The number of pyridine rings is 1.